The zero-order valence-corrected chi connectivity index (χ0v) is 7.78. The molecule has 0 bridgehead atoms. The van der Waals surface area contributed by atoms with Gasteiger partial charge in [-0.1, -0.05) is 11.6 Å². The number of hydrogen-bond acceptors (Lipinski definition) is 3. The Labute approximate surface area is 75.6 Å². The Morgan fingerprint density at radius 1 is 1.67 bits per heavy atom. The minimum absolute atomic E-state index is 0.0336. The highest BCUT2D eigenvalue weighted by Crippen LogP contribution is 2.08. The van der Waals surface area contributed by atoms with Crippen molar-refractivity contribution in [3.8, 4) is 0 Å². The van der Waals surface area contributed by atoms with E-state index < -0.39 is 10.0 Å². The Balaban J connectivity index is 3.21. The molecule has 0 aliphatic carbocycles. The average molecular weight is 206 g/mol. The number of hydrogen-bond donors (Lipinski definition) is 1. The second kappa shape index (κ2) is 3.38. The molecule has 0 saturated carbocycles. The molecule has 0 aliphatic rings. The van der Waals surface area contributed by atoms with E-state index in [0.29, 0.717) is 0 Å². The lowest BCUT2D eigenvalue weighted by molar-refractivity contribution is 0.584. The fraction of sp³-hybridized carbons (Fsp3) is 0.167. The van der Waals surface area contributed by atoms with Gasteiger partial charge in [0, 0.05) is 6.07 Å². The number of nitrogens with one attached hydrogen (secondary N) is 1. The van der Waals surface area contributed by atoms with Crippen molar-refractivity contribution in [2.75, 3.05) is 7.05 Å². The molecule has 0 aliphatic heterocycles. The predicted molar refractivity (Wildman–Crippen MR) is 44.3 cm³/mol. The topological polar surface area (TPSA) is 59.1 Å². The lowest BCUT2D eigenvalue weighted by Crippen LogP contribution is -2.19. The van der Waals surface area contributed by atoms with Crippen molar-refractivity contribution in [2.45, 2.75) is 5.03 Å². The van der Waals surface area contributed by atoms with Crippen LogP contribution in [0.4, 0.5) is 0 Å². The Hall–Kier alpha value is -0.650. The molecular weight excluding hydrogens is 200 g/mol. The maximum Gasteiger partial charge on any atom is 0.257 e. The van der Waals surface area contributed by atoms with Crippen LogP contribution in [0.25, 0.3) is 0 Å². The maximum atomic E-state index is 11.1. The summed E-state index contributed by atoms with van der Waals surface area (Å²) in [5, 5.41) is -0.0694. The number of rotatable bonds is 2. The number of sulfonamides is 1. The third-order valence-electron chi connectivity index (χ3n) is 1.18. The van der Waals surface area contributed by atoms with Gasteiger partial charge in [-0.2, -0.15) is 0 Å². The second-order valence-corrected chi connectivity index (χ2v) is 4.12. The Kier molecular flexibility index (Phi) is 2.66. The molecule has 1 heterocycles. The van der Waals surface area contributed by atoms with Gasteiger partial charge in [-0.15, -0.1) is 0 Å². The molecule has 1 rings (SSSR count). The fourth-order valence-electron chi connectivity index (χ4n) is 0.602. The molecule has 0 spiro atoms. The van der Waals surface area contributed by atoms with Crippen LogP contribution in [-0.4, -0.2) is 20.4 Å². The molecule has 0 amide bonds. The summed E-state index contributed by atoms with van der Waals surface area (Å²) in [5.74, 6) is 0. The summed E-state index contributed by atoms with van der Waals surface area (Å²) >= 11 is 5.45. The van der Waals surface area contributed by atoms with E-state index in [1.807, 2.05) is 0 Å². The minimum atomic E-state index is -3.49. The summed E-state index contributed by atoms with van der Waals surface area (Å²) in [7, 11) is -2.18. The molecule has 6 heteroatoms. The molecule has 0 saturated heterocycles. The summed E-state index contributed by atoms with van der Waals surface area (Å²) < 4.78 is 24.3. The Morgan fingerprint density at radius 2 is 2.33 bits per heavy atom. The molecule has 0 unspecified atom stereocenters. The highest BCUT2D eigenvalue weighted by Gasteiger charge is 2.12. The van der Waals surface area contributed by atoms with Crippen LogP contribution in [0, 0.1) is 6.07 Å². The monoisotopic (exact) mass is 205 g/mol. The smallest absolute Gasteiger partial charge is 0.222 e. The van der Waals surface area contributed by atoms with Gasteiger partial charge < -0.3 is 0 Å². The van der Waals surface area contributed by atoms with E-state index in [2.05, 4.69) is 15.8 Å². The van der Waals surface area contributed by atoms with Crippen molar-refractivity contribution in [3.63, 3.8) is 0 Å². The van der Waals surface area contributed by atoms with Crippen LogP contribution in [0.1, 0.15) is 0 Å². The highest BCUT2D eigenvalue weighted by molar-refractivity contribution is 7.89. The Morgan fingerprint density at radius 3 is 2.83 bits per heavy atom. The van der Waals surface area contributed by atoms with Crippen LogP contribution in [0.5, 0.6) is 0 Å². The van der Waals surface area contributed by atoms with Crippen LogP contribution in [0.3, 0.4) is 0 Å². The molecule has 12 heavy (non-hydrogen) atoms. The summed E-state index contributed by atoms with van der Waals surface area (Å²) in [4.78, 5) is 3.58. The SMILES string of the molecule is CNS(=O)(=O)c1cc[c]c(Cl)n1. The van der Waals surface area contributed by atoms with Crippen LogP contribution >= 0.6 is 11.6 Å². The summed E-state index contributed by atoms with van der Waals surface area (Å²) in [6.07, 6.45) is 0. The van der Waals surface area contributed by atoms with Crippen LogP contribution in [0.2, 0.25) is 5.15 Å². The van der Waals surface area contributed by atoms with Gasteiger partial charge in [-0.25, -0.2) is 18.1 Å². The Bertz CT molecular complexity index is 377. The summed E-state index contributed by atoms with van der Waals surface area (Å²) in [6.45, 7) is 0. The van der Waals surface area contributed by atoms with Crippen molar-refractivity contribution >= 4 is 21.6 Å². The second-order valence-electron chi connectivity index (χ2n) is 1.93. The first-order chi connectivity index (χ1) is 5.56. The molecule has 1 radical (unpaired) electrons. The molecule has 1 aromatic heterocycles. The molecule has 65 valence electrons. The molecule has 0 aromatic carbocycles. The first kappa shape index (κ1) is 9.44. The third-order valence-corrected chi connectivity index (χ3v) is 2.69. The van der Waals surface area contributed by atoms with E-state index >= 15 is 0 Å². The normalized spacial score (nSPS) is 11.5. The average Bonchev–Trinajstić information content (AvgIpc) is 2.05. The predicted octanol–water partition coefficient (Wildman–Crippen LogP) is 0.443. The first-order valence-electron chi connectivity index (χ1n) is 3.04. The summed E-state index contributed by atoms with van der Waals surface area (Å²) in [6, 6.07) is 5.25. The van der Waals surface area contributed by atoms with Crippen LogP contribution in [0.15, 0.2) is 17.2 Å². The van der Waals surface area contributed by atoms with Crippen LogP contribution in [-0.2, 0) is 10.0 Å². The quantitative estimate of drug-likeness (QED) is 0.713. The van der Waals surface area contributed by atoms with E-state index in [9.17, 15) is 8.42 Å². The zero-order chi connectivity index (χ0) is 9.19. The molecule has 0 fully saturated rings. The van der Waals surface area contributed by atoms with Crippen LogP contribution < -0.4 is 4.72 Å². The summed E-state index contributed by atoms with van der Waals surface area (Å²) in [5.41, 5.74) is 0. The lowest BCUT2D eigenvalue weighted by Gasteiger charge is -1.99. The van der Waals surface area contributed by atoms with Gasteiger partial charge >= 0.3 is 0 Å². The number of pyridine rings is 1. The van der Waals surface area contributed by atoms with Gasteiger partial charge in [0.05, 0.1) is 0 Å². The van der Waals surface area contributed by atoms with E-state index in [-0.39, 0.29) is 10.2 Å². The molecule has 0 atom stereocenters. The van der Waals surface area contributed by atoms with Gasteiger partial charge in [-0.3, -0.25) is 0 Å². The number of nitrogens with zero attached hydrogens (tertiary/aromatic N) is 1. The van der Waals surface area contributed by atoms with Crippen molar-refractivity contribution < 1.29 is 8.42 Å². The van der Waals surface area contributed by atoms with E-state index in [4.69, 9.17) is 11.6 Å². The highest BCUT2D eigenvalue weighted by atomic mass is 35.5. The van der Waals surface area contributed by atoms with E-state index in [1.54, 1.807) is 0 Å². The van der Waals surface area contributed by atoms with Gasteiger partial charge in [0.15, 0.2) is 5.03 Å². The van der Waals surface area contributed by atoms with Gasteiger partial charge in [0.2, 0.25) is 0 Å². The third kappa shape index (κ3) is 1.94. The largest absolute Gasteiger partial charge is 0.257 e. The lowest BCUT2D eigenvalue weighted by atomic mass is 10.5. The van der Waals surface area contributed by atoms with Gasteiger partial charge in [0.1, 0.15) is 5.15 Å². The fourth-order valence-corrected chi connectivity index (χ4v) is 1.47. The molecule has 4 nitrogen and oxygen atoms in total. The van der Waals surface area contributed by atoms with E-state index in [1.165, 1.54) is 19.2 Å². The standard InChI is InChI=1S/C6H6ClN2O2S/c1-8-12(10,11)6-4-2-3-5(7)9-6/h2,4,8H,1H3. The molecular formula is C6H6ClN2O2S. The first-order valence-corrected chi connectivity index (χ1v) is 4.90. The number of halogens is 1. The minimum Gasteiger partial charge on any atom is -0.222 e. The van der Waals surface area contributed by atoms with Crippen molar-refractivity contribution in [1.82, 2.24) is 9.71 Å². The van der Waals surface area contributed by atoms with Gasteiger partial charge in [0.25, 0.3) is 10.0 Å². The van der Waals surface area contributed by atoms with Crippen molar-refractivity contribution in [2.24, 2.45) is 0 Å². The number of aromatic nitrogens is 1. The van der Waals surface area contributed by atoms with E-state index in [0.717, 1.165) is 0 Å². The molecule has 1 N–H and O–H groups in total. The maximum absolute atomic E-state index is 11.1. The van der Waals surface area contributed by atoms with Crippen molar-refractivity contribution in [3.05, 3.63) is 23.4 Å². The zero-order valence-electron chi connectivity index (χ0n) is 6.20. The molecule has 1 aromatic rings. The van der Waals surface area contributed by atoms with Gasteiger partial charge in [-0.05, 0) is 19.2 Å². The van der Waals surface area contributed by atoms with Crippen molar-refractivity contribution in [1.29, 1.82) is 0 Å².